The highest BCUT2D eigenvalue weighted by atomic mass is 35.5. The van der Waals surface area contributed by atoms with E-state index in [1.165, 1.54) is 0 Å². The quantitative estimate of drug-likeness (QED) is 0.914. The monoisotopic (exact) mass is 293 g/mol. The predicted octanol–water partition coefficient (Wildman–Crippen LogP) is 3.12. The SMILES string of the molecule is O=C(NCC1(O)CCCC1)c1cc2cccc(Cl)c2o1. The minimum atomic E-state index is -0.765. The summed E-state index contributed by atoms with van der Waals surface area (Å²) in [7, 11) is 0. The lowest BCUT2D eigenvalue weighted by Gasteiger charge is -2.21. The fourth-order valence-electron chi connectivity index (χ4n) is 2.68. The Kier molecular flexibility index (Phi) is 3.44. The molecule has 0 saturated heterocycles. The van der Waals surface area contributed by atoms with Crippen LogP contribution < -0.4 is 5.32 Å². The summed E-state index contributed by atoms with van der Waals surface area (Å²) in [6.45, 7) is 0.261. The molecule has 1 fully saturated rings. The minimum Gasteiger partial charge on any atom is -0.449 e. The van der Waals surface area contributed by atoms with Gasteiger partial charge in [0.15, 0.2) is 11.3 Å². The van der Waals surface area contributed by atoms with Gasteiger partial charge in [-0.15, -0.1) is 0 Å². The van der Waals surface area contributed by atoms with Crippen molar-refractivity contribution in [3.8, 4) is 0 Å². The molecule has 2 N–H and O–H groups in total. The van der Waals surface area contributed by atoms with Crippen LogP contribution in [0.3, 0.4) is 0 Å². The van der Waals surface area contributed by atoms with Crippen LogP contribution in [0.2, 0.25) is 5.02 Å². The zero-order valence-corrected chi connectivity index (χ0v) is 11.7. The van der Waals surface area contributed by atoms with Gasteiger partial charge in [0.1, 0.15) is 0 Å². The van der Waals surface area contributed by atoms with Gasteiger partial charge in [-0.05, 0) is 25.0 Å². The molecule has 4 nitrogen and oxygen atoms in total. The van der Waals surface area contributed by atoms with E-state index in [4.69, 9.17) is 16.0 Å². The van der Waals surface area contributed by atoms with Gasteiger partial charge in [0, 0.05) is 11.9 Å². The van der Waals surface area contributed by atoms with Crippen LogP contribution in [0.25, 0.3) is 11.0 Å². The van der Waals surface area contributed by atoms with Crippen molar-refractivity contribution in [3.63, 3.8) is 0 Å². The average Bonchev–Trinajstić information content (AvgIpc) is 3.04. The Hall–Kier alpha value is -1.52. The van der Waals surface area contributed by atoms with Crippen molar-refractivity contribution in [2.45, 2.75) is 31.3 Å². The number of furan rings is 1. The second-order valence-electron chi connectivity index (χ2n) is 5.38. The van der Waals surface area contributed by atoms with E-state index < -0.39 is 5.60 Å². The molecule has 20 heavy (non-hydrogen) atoms. The summed E-state index contributed by atoms with van der Waals surface area (Å²) in [4.78, 5) is 12.1. The number of amides is 1. The van der Waals surface area contributed by atoms with Crippen LogP contribution in [-0.4, -0.2) is 23.2 Å². The number of carbonyl (C=O) groups is 1. The highest BCUT2D eigenvalue weighted by Gasteiger charge is 2.31. The van der Waals surface area contributed by atoms with E-state index in [2.05, 4.69) is 5.32 Å². The van der Waals surface area contributed by atoms with E-state index in [0.29, 0.717) is 10.6 Å². The number of para-hydroxylation sites is 1. The Balaban J connectivity index is 1.74. The van der Waals surface area contributed by atoms with E-state index in [1.54, 1.807) is 12.1 Å². The summed E-state index contributed by atoms with van der Waals surface area (Å²) in [6, 6.07) is 7.03. The average molecular weight is 294 g/mol. The smallest absolute Gasteiger partial charge is 0.287 e. The van der Waals surface area contributed by atoms with E-state index in [-0.39, 0.29) is 18.2 Å². The molecule has 0 atom stereocenters. The Morgan fingerprint density at radius 3 is 2.85 bits per heavy atom. The summed E-state index contributed by atoms with van der Waals surface area (Å²) in [5, 5.41) is 14.2. The molecule has 1 heterocycles. The van der Waals surface area contributed by atoms with Gasteiger partial charge in [0.05, 0.1) is 10.6 Å². The molecule has 1 aliphatic rings. The van der Waals surface area contributed by atoms with Crippen molar-refractivity contribution in [3.05, 3.63) is 35.0 Å². The topological polar surface area (TPSA) is 62.5 Å². The van der Waals surface area contributed by atoms with Gasteiger partial charge in [-0.3, -0.25) is 4.79 Å². The number of fused-ring (bicyclic) bond motifs is 1. The summed E-state index contributed by atoms with van der Waals surface area (Å²) in [5.74, 6) is -0.104. The Labute approximate surface area is 121 Å². The van der Waals surface area contributed by atoms with Crippen LogP contribution in [0.15, 0.2) is 28.7 Å². The molecule has 1 aromatic carbocycles. The maximum atomic E-state index is 12.1. The first kappa shape index (κ1) is 13.5. The standard InChI is InChI=1S/C15H16ClNO3/c16-11-5-3-4-10-8-12(20-13(10)11)14(18)17-9-15(19)6-1-2-7-15/h3-5,8,19H,1-2,6-7,9H2,(H,17,18). The Bertz CT molecular complexity index is 644. The minimum absolute atomic E-state index is 0.217. The molecule has 0 unspecified atom stereocenters. The number of benzene rings is 1. The molecular weight excluding hydrogens is 278 g/mol. The van der Waals surface area contributed by atoms with Crippen LogP contribution in [0, 0.1) is 0 Å². The molecule has 3 rings (SSSR count). The highest BCUT2D eigenvalue weighted by Crippen LogP contribution is 2.29. The molecule has 1 amide bonds. The Morgan fingerprint density at radius 1 is 1.40 bits per heavy atom. The third-order valence-corrected chi connectivity index (χ3v) is 4.13. The van der Waals surface area contributed by atoms with Crippen LogP contribution in [0.4, 0.5) is 0 Å². The lowest BCUT2D eigenvalue weighted by Crippen LogP contribution is -2.40. The number of nitrogens with one attached hydrogen (secondary N) is 1. The molecule has 0 radical (unpaired) electrons. The second-order valence-corrected chi connectivity index (χ2v) is 5.79. The molecule has 1 aromatic heterocycles. The molecule has 1 saturated carbocycles. The molecular formula is C15H16ClNO3. The molecule has 0 bridgehead atoms. The molecule has 1 aliphatic carbocycles. The highest BCUT2D eigenvalue weighted by molar-refractivity contribution is 6.34. The van der Waals surface area contributed by atoms with Crippen molar-refractivity contribution < 1.29 is 14.3 Å². The fraction of sp³-hybridized carbons (Fsp3) is 0.400. The van der Waals surface area contributed by atoms with Gasteiger partial charge in [0.25, 0.3) is 5.91 Å². The first-order chi connectivity index (χ1) is 9.57. The number of halogens is 1. The zero-order valence-electron chi connectivity index (χ0n) is 11.0. The van der Waals surface area contributed by atoms with Crippen LogP contribution in [-0.2, 0) is 0 Å². The van der Waals surface area contributed by atoms with Gasteiger partial charge in [-0.25, -0.2) is 0 Å². The van der Waals surface area contributed by atoms with E-state index in [1.807, 2.05) is 12.1 Å². The number of hydrogen-bond donors (Lipinski definition) is 2. The maximum Gasteiger partial charge on any atom is 0.287 e. The number of rotatable bonds is 3. The Morgan fingerprint density at radius 2 is 2.15 bits per heavy atom. The van der Waals surface area contributed by atoms with Crippen molar-refractivity contribution in [2.75, 3.05) is 6.54 Å². The van der Waals surface area contributed by atoms with E-state index in [0.717, 1.165) is 31.1 Å². The van der Waals surface area contributed by atoms with Gasteiger partial charge >= 0.3 is 0 Å². The number of hydrogen-bond acceptors (Lipinski definition) is 3. The fourth-order valence-corrected chi connectivity index (χ4v) is 2.90. The van der Waals surface area contributed by atoms with Crippen molar-refractivity contribution in [1.29, 1.82) is 0 Å². The predicted molar refractivity (Wildman–Crippen MR) is 77.0 cm³/mol. The van der Waals surface area contributed by atoms with E-state index >= 15 is 0 Å². The first-order valence-electron chi connectivity index (χ1n) is 6.76. The lowest BCUT2D eigenvalue weighted by molar-refractivity contribution is 0.0444. The summed E-state index contributed by atoms with van der Waals surface area (Å²) < 4.78 is 5.48. The molecule has 106 valence electrons. The maximum absolute atomic E-state index is 12.1. The third-order valence-electron chi connectivity index (χ3n) is 3.83. The van der Waals surface area contributed by atoms with Crippen LogP contribution in [0.5, 0.6) is 0 Å². The summed E-state index contributed by atoms with van der Waals surface area (Å²) >= 11 is 6.01. The van der Waals surface area contributed by atoms with E-state index in [9.17, 15) is 9.90 Å². The third kappa shape index (κ3) is 2.53. The van der Waals surface area contributed by atoms with Gasteiger partial charge in [-0.1, -0.05) is 36.6 Å². The number of carbonyl (C=O) groups excluding carboxylic acids is 1. The van der Waals surface area contributed by atoms with Crippen molar-refractivity contribution in [2.24, 2.45) is 0 Å². The van der Waals surface area contributed by atoms with Crippen molar-refractivity contribution in [1.82, 2.24) is 5.32 Å². The lowest BCUT2D eigenvalue weighted by atomic mass is 10.0. The zero-order chi connectivity index (χ0) is 14.2. The molecule has 0 aliphatic heterocycles. The number of aliphatic hydroxyl groups is 1. The largest absolute Gasteiger partial charge is 0.449 e. The second kappa shape index (κ2) is 5.11. The molecule has 0 spiro atoms. The van der Waals surface area contributed by atoms with Crippen molar-refractivity contribution >= 4 is 28.5 Å². The van der Waals surface area contributed by atoms with Crippen LogP contribution >= 0.6 is 11.6 Å². The first-order valence-corrected chi connectivity index (χ1v) is 7.14. The summed E-state index contributed by atoms with van der Waals surface area (Å²) in [5.41, 5.74) is -0.252. The van der Waals surface area contributed by atoms with Gasteiger partial charge in [-0.2, -0.15) is 0 Å². The van der Waals surface area contributed by atoms with Gasteiger partial charge in [0.2, 0.25) is 0 Å². The normalized spacial score (nSPS) is 17.5. The summed E-state index contributed by atoms with van der Waals surface area (Å²) in [6.07, 6.45) is 3.48. The van der Waals surface area contributed by atoms with Crippen LogP contribution in [0.1, 0.15) is 36.2 Å². The molecule has 5 heteroatoms. The van der Waals surface area contributed by atoms with Gasteiger partial charge < -0.3 is 14.8 Å². The molecule has 2 aromatic rings.